The van der Waals surface area contributed by atoms with Gasteiger partial charge in [0.25, 0.3) is 0 Å². The van der Waals surface area contributed by atoms with Crippen LogP contribution in [0.15, 0.2) is 36.5 Å². The Hall–Kier alpha value is -1.35. The maximum Gasteiger partial charge on any atom is 0.0974 e. The summed E-state index contributed by atoms with van der Waals surface area (Å²) in [5.41, 5.74) is 2.13. The molecule has 0 spiro atoms. The molecule has 1 unspecified atom stereocenters. The van der Waals surface area contributed by atoms with E-state index in [4.69, 9.17) is 11.6 Å². The third-order valence-corrected chi connectivity index (χ3v) is 2.83. The molecule has 0 N–H and O–H groups in total. The van der Waals surface area contributed by atoms with E-state index in [1.807, 2.05) is 16.9 Å². The molecule has 4 heteroatoms. The van der Waals surface area contributed by atoms with Gasteiger partial charge >= 0.3 is 0 Å². The minimum absolute atomic E-state index is 0.416. The Morgan fingerprint density at radius 2 is 2.06 bits per heavy atom. The molecule has 1 aromatic heterocycles. The highest BCUT2D eigenvalue weighted by Crippen LogP contribution is 2.16. The minimum Gasteiger partial charge on any atom is -0.252 e. The number of benzene rings is 1. The third kappa shape index (κ3) is 2.61. The van der Waals surface area contributed by atoms with Gasteiger partial charge in [-0.15, -0.1) is 16.7 Å². The normalized spacial score (nSPS) is 12.6. The van der Waals surface area contributed by atoms with Gasteiger partial charge in [0.05, 0.1) is 11.6 Å². The lowest BCUT2D eigenvalue weighted by atomic mass is 10.0. The number of halogens is 1. The maximum atomic E-state index is 5.68. The highest BCUT2D eigenvalue weighted by atomic mass is 35.5. The Bertz CT molecular complexity index is 439. The first-order valence-corrected chi connectivity index (χ1v) is 5.83. The second-order valence-electron chi connectivity index (χ2n) is 3.88. The molecule has 0 aliphatic rings. The van der Waals surface area contributed by atoms with Gasteiger partial charge < -0.3 is 0 Å². The fraction of sp³-hybridized carbons (Fsp3) is 0.333. The number of nitrogens with zero attached hydrogens (tertiary/aromatic N) is 3. The Morgan fingerprint density at radius 3 is 2.69 bits per heavy atom. The molecule has 1 aromatic carbocycles. The Balaban J connectivity index is 2.05. The van der Waals surface area contributed by atoms with Crippen LogP contribution in [0, 0.1) is 0 Å². The molecule has 0 saturated heterocycles. The van der Waals surface area contributed by atoms with Crippen molar-refractivity contribution < 1.29 is 0 Å². The summed E-state index contributed by atoms with van der Waals surface area (Å²) in [6.07, 6.45) is 1.90. The largest absolute Gasteiger partial charge is 0.252 e. The molecule has 1 atom stereocenters. The lowest BCUT2D eigenvalue weighted by molar-refractivity contribution is 0.527. The summed E-state index contributed by atoms with van der Waals surface area (Å²) in [5, 5.41) is 8.00. The SMILES string of the molecule is CC(Cn1cc(CCl)nn1)c1ccccc1. The van der Waals surface area contributed by atoms with Crippen LogP contribution in [-0.4, -0.2) is 15.0 Å². The van der Waals surface area contributed by atoms with Crippen LogP contribution in [0.1, 0.15) is 24.1 Å². The molecule has 1 heterocycles. The van der Waals surface area contributed by atoms with Crippen molar-refractivity contribution in [2.24, 2.45) is 0 Å². The number of hydrogen-bond acceptors (Lipinski definition) is 2. The summed E-state index contributed by atoms with van der Waals surface area (Å²) in [4.78, 5) is 0. The summed E-state index contributed by atoms with van der Waals surface area (Å²) < 4.78 is 1.84. The molecule has 0 aliphatic heterocycles. The molecule has 0 fully saturated rings. The molecule has 84 valence electrons. The molecule has 16 heavy (non-hydrogen) atoms. The molecular formula is C12H14ClN3. The first-order chi connectivity index (χ1) is 7.79. The second kappa shape index (κ2) is 5.12. The molecule has 0 saturated carbocycles. The van der Waals surface area contributed by atoms with Crippen LogP contribution >= 0.6 is 11.6 Å². The van der Waals surface area contributed by atoms with Crippen LogP contribution in [0.25, 0.3) is 0 Å². The molecule has 3 nitrogen and oxygen atoms in total. The maximum absolute atomic E-state index is 5.68. The van der Waals surface area contributed by atoms with Crippen LogP contribution in [-0.2, 0) is 12.4 Å². The average Bonchev–Trinajstić information content (AvgIpc) is 2.78. The molecule has 0 aliphatic carbocycles. The van der Waals surface area contributed by atoms with E-state index < -0.39 is 0 Å². The number of hydrogen-bond donors (Lipinski definition) is 0. The summed E-state index contributed by atoms with van der Waals surface area (Å²) in [5.74, 6) is 0.839. The van der Waals surface area contributed by atoms with E-state index in [-0.39, 0.29) is 0 Å². The number of aromatic nitrogens is 3. The van der Waals surface area contributed by atoms with Crippen LogP contribution < -0.4 is 0 Å². The van der Waals surface area contributed by atoms with Crippen molar-refractivity contribution in [3.8, 4) is 0 Å². The van der Waals surface area contributed by atoms with Crippen LogP contribution in [0.5, 0.6) is 0 Å². The predicted octanol–water partition coefficient (Wildman–Crippen LogP) is 2.82. The third-order valence-electron chi connectivity index (χ3n) is 2.55. The van der Waals surface area contributed by atoms with Crippen molar-refractivity contribution in [3.05, 3.63) is 47.8 Å². The molecule has 2 aromatic rings. The van der Waals surface area contributed by atoms with Crippen molar-refractivity contribution in [2.45, 2.75) is 25.3 Å². The van der Waals surface area contributed by atoms with E-state index in [0.717, 1.165) is 12.2 Å². The van der Waals surface area contributed by atoms with E-state index in [1.165, 1.54) is 5.56 Å². The zero-order chi connectivity index (χ0) is 11.4. The lowest BCUT2D eigenvalue weighted by Crippen LogP contribution is -2.06. The number of rotatable bonds is 4. The van der Waals surface area contributed by atoms with Crippen LogP contribution in [0.3, 0.4) is 0 Å². The number of alkyl halides is 1. The monoisotopic (exact) mass is 235 g/mol. The van der Waals surface area contributed by atoms with Crippen molar-refractivity contribution in [2.75, 3.05) is 0 Å². The predicted molar refractivity (Wildman–Crippen MR) is 64.4 cm³/mol. The van der Waals surface area contributed by atoms with Crippen LogP contribution in [0.4, 0.5) is 0 Å². The summed E-state index contributed by atoms with van der Waals surface area (Å²) in [6, 6.07) is 10.4. The zero-order valence-corrected chi connectivity index (χ0v) is 9.93. The van der Waals surface area contributed by atoms with Crippen molar-refractivity contribution in [1.82, 2.24) is 15.0 Å². The average molecular weight is 236 g/mol. The van der Waals surface area contributed by atoms with E-state index in [1.54, 1.807) is 0 Å². The van der Waals surface area contributed by atoms with Gasteiger partial charge in [0.1, 0.15) is 0 Å². The molecule has 2 rings (SSSR count). The zero-order valence-electron chi connectivity index (χ0n) is 9.18. The highest BCUT2D eigenvalue weighted by molar-refractivity contribution is 6.16. The summed E-state index contributed by atoms with van der Waals surface area (Å²) in [6.45, 7) is 3.01. The van der Waals surface area contributed by atoms with Gasteiger partial charge in [0, 0.05) is 18.7 Å². The standard InChI is InChI=1S/C12H14ClN3/c1-10(11-5-3-2-4-6-11)8-16-9-12(7-13)14-15-16/h2-6,9-10H,7-8H2,1H3. The Labute approximate surface area is 100 Å². The summed E-state index contributed by atoms with van der Waals surface area (Å²) in [7, 11) is 0. The van der Waals surface area contributed by atoms with Gasteiger partial charge in [0.15, 0.2) is 0 Å². The highest BCUT2D eigenvalue weighted by Gasteiger charge is 2.07. The fourth-order valence-corrected chi connectivity index (χ4v) is 1.78. The van der Waals surface area contributed by atoms with Gasteiger partial charge in [0.2, 0.25) is 0 Å². The van der Waals surface area contributed by atoms with Gasteiger partial charge in [-0.25, -0.2) is 0 Å². The lowest BCUT2D eigenvalue weighted by Gasteiger charge is -2.10. The topological polar surface area (TPSA) is 30.7 Å². The second-order valence-corrected chi connectivity index (χ2v) is 4.14. The van der Waals surface area contributed by atoms with E-state index in [2.05, 4.69) is 41.5 Å². The fourth-order valence-electron chi connectivity index (χ4n) is 1.66. The minimum atomic E-state index is 0.416. The quantitative estimate of drug-likeness (QED) is 0.763. The first kappa shape index (κ1) is 11.1. The smallest absolute Gasteiger partial charge is 0.0974 e. The van der Waals surface area contributed by atoms with Gasteiger partial charge in [-0.2, -0.15) is 0 Å². The molecular weight excluding hydrogens is 222 g/mol. The van der Waals surface area contributed by atoms with Gasteiger partial charge in [-0.3, -0.25) is 4.68 Å². The van der Waals surface area contributed by atoms with Gasteiger partial charge in [-0.1, -0.05) is 42.5 Å². The van der Waals surface area contributed by atoms with Crippen molar-refractivity contribution in [1.29, 1.82) is 0 Å². The van der Waals surface area contributed by atoms with Crippen molar-refractivity contribution >= 4 is 11.6 Å². The van der Waals surface area contributed by atoms with E-state index in [0.29, 0.717) is 11.8 Å². The Morgan fingerprint density at radius 1 is 1.31 bits per heavy atom. The first-order valence-electron chi connectivity index (χ1n) is 5.29. The molecule has 0 radical (unpaired) electrons. The van der Waals surface area contributed by atoms with Gasteiger partial charge in [-0.05, 0) is 5.56 Å². The Kier molecular flexibility index (Phi) is 3.57. The van der Waals surface area contributed by atoms with E-state index in [9.17, 15) is 0 Å². The van der Waals surface area contributed by atoms with Crippen LogP contribution in [0.2, 0.25) is 0 Å². The summed E-state index contributed by atoms with van der Waals surface area (Å²) >= 11 is 5.68. The molecule has 0 bridgehead atoms. The van der Waals surface area contributed by atoms with E-state index >= 15 is 0 Å². The molecule has 0 amide bonds. The van der Waals surface area contributed by atoms with Crippen molar-refractivity contribution in [3.63, 3.8) is 0 Å².